The standard InChI is InChI=1S/C20H22N6O5/c21-16(29)13(7-8-14(27)28)24-18(30)11-4-1-10(2-5-11)3-6-12-9-23-17-15(12)19(31)26-20(22)25-17/h1-2,4-5,9,13H,3,6-8H2,(H2,21,29)(H,24,30)(H,27,28)(H4,22,23,25,26,31)/t13-/m0/s1. The molecule has 0 saturated heterocycles. The number of anilines is 1. The van der Waals surface area contributed by atoms with Crippen LogP contribution < -0.4 is 22.3 Å². The van der Waals surface area contributed by atoms with Crippen LogP contribution in [0.15, 0.2) is 35.3 Å². The van der Waals surface area contributed by atoms with Crippen LogP contribution in [0.5, 0.6) is 0 Å². The summed E-state index contributed by atoms with van der Waals surface area (Å²) < 4.78 is 0. The number of carboxylic acids is 1. The van der Waals surface area contributed by atoms with Gasteiger partial charge in [0.25, 0.3) is 11.5 Å². The van der Waals surface area contributed by atoms with Gasteiger partial charge in [0.05, 0.1) is 5.39 Å². The van der Waals surface area contributed by atoms with Crippen LogP contribution in [-0.2, 0) is 22.4 Å². The number of aromatic amines is 2. The zero-order valence-electron chi connectivity index (χ0n) is 16.5. The molecule has 8 N–H and O–H groups in total. The number of benzene rings is 1. The molecule has 11 heteroatoms. The number of hydrogen-bond donors (Lipinski definition) is 6. The van der Waals surface area contributed by atoms with Crippen LogP contribution in [0.25, 0.3) is 11.0 Å². The number of aliphatic carboxylic acids is 1. The minimum absolute atomic E-state index is 0.0429. The van der Waals surface area contributed by atoms with E-state index in [0.717, 1.165) is 11.1 Å². The second kappa shape index (κ2) is 9.11. The molecule has 0 aliphatic rings. The molecule has 0 unspecified atom stereocenters. The summed E-state index contributed by atoms with van der Waals surface area (Å²) in [6, 6.07) is 5.67. The number of primary amides is 1. The van der Waals surface area contributed by atoms with Gasteiger partial charge in [0.1, 0.15) is 11.7 Å². The topological polar surface area (TPSA) is 197 Å². The predicted molar refractivity (Wildman–Crippen MR) is 112 cm³/mol. The van der Waals surface area contributed by atoms with Crippen molar-refractivity contribution in [1.29, 1.82) is 0 Å². The smallest absolute Gasteiger partial charge is 0.303 e. The second-order valence-corrected chi connectivity index (χ2v) is 7.05. The van der Waals surface area contributed by atoms with Gasteiger partial charge in [-0.05, 0) is 42.5 Å². The van der Waals surface area contributed by atoms with E-state index in [2.05, 4.69) is 20.3 Å². The van der Waals surface area contributed by atoms with E-state index in [4.69, 9.17) is 16.6 Å². The van der Waals surface area contributed by atoms with Crippen molar-refractivity contribution < 1.29 is 19.5 Å². The number of nitrogen functional groups attached to an aromatic ring is 1. The highest BCUT2D eigenvalue weighted by molar-refractivity contribution is 5.97. The van der Waals surface area contributed by atoms with Gasteiger partial charge in [0.15, 0.2) is 0 Å². The number of H-pyrrole nitrogens is 2. The molecule has 3 aromatic rings. The molecule has 2 amide bonds. The molecule has 0 spiro atoms. The molecule has 0 bridgehead atoms. The summed E-state index contributed by atoms with van der Waals surface area (Å²) in [5.74, 6) is -2.36. The first-order valence-electron chi connectivity index (χ1n) is 9.51. The Kier molecular flexibility index (Phi) is 6.34. The number of rotatable bonds is 9. The summed E-state index contributed by atoms with van der Waals surface area (Å²) in [4.78, 5) is 56.1. The Morgan fingerprint density at radius 1 is 1.16 bits per heavy atom. The number of nitrogens with zero attached hydrogens (tertiary/aromatic N) is 1. The Hall–Kier alpha value is -4.15. The van der Waals surface area contributed by atoms with E-state index in [1.54, 1.807) is 30.5 Å². The maximum atomic E-state index is 12.3. The van der Waals surface area contributed by atoms with Gasteiger partial charge in [-0.1, -0.05) is 12.1 Å². The van der Waals surface area contributed by atoms with Crippen molar-refractivity contribution in [2.24, 2.45) is 5.73 Å². The summed E-state index contributed by atoms with van der Waals surface area (Å²) in [6.45, 7) is 0. The average molecular weight is 426 g/mol. The highest BCUT2D eigenvalue weighted by Crippen LogP contribution is 2.16. The summed E-state index contributed by atoms with van der Waals surface area (Å²) in [5, 5.41) is 11.7. The number of hydrogen-bond acceptors (Lipinski definition) is 6. The molecule has 31 heavy (non-hydrogen) atoms. The van der Waals surface area contributed by atoms with E-state index >= 15 is 0 Å². The lowest BCUT2D eigenvalue weighted by Crippen LogP contribution is -2.44. The molecule has 0 aliphatic carbocycles. The van der Waals surface area contributed by atoms with Gasteiger partial charge < -0.3 is 26.9 Å². The quantitative estimate of drug-likeness (QED) is 0.278. The normalized spacial score (nSPS) is 11.9. The van der Waals surface area contributed by atoms with E-state index in [1.807, 2.05) is 0 Å². The van der Waals surface area contributed by atoms with Gasteiger partial charge in [-0.15, -0.1) is 0 Å². The number of nitrogens with one attached hydrogen (secondary N) is 3. The van der Waals surface area contributed by atoms with Crippen molar-refractivity contribution >= 4 is 34.8 Å². The van der Waals surface area contributed by atoms with Crippen LogP contribution in [0.2, 0.25) is 0 Å². The molecule has 2 aromatic heterocycles. The number of carbonyl (C=O) groups is 3. The summed E-state index contributed by atoms with van der Waals surface area (Å²) >= 11 is 0. The first-order valence-corrected chi connectivity index (χ1v) is 9.51. The van der Waals surface area contributed by atoms with Crippen molar-refractivity contribution in [1.82, 2.24) is 20.3 Å². The molecular weight excluding hydrogens is 404 g/mol. The van der Waals surface area contributed by atoms with Crippen molar-refractivity contribution in [3.63, 3.8) is 0 Å². The van der Waals surface area contributed by atoms with Gasteiger partial charge in [-0.3, -0.25) is 24.2 Å². The molecule has 162 valence electrons. The van der Waals surface area contributed by atoms with Gasteiger partial charge in [-0.2, -0.15) is 4.98 Å². The van der Waals surface area contributed by atoms with Crippen LogP contribution in [0.1, 0.15) is 34.3 Å². The minimum Gasteiger partial charge on any atom is -0.481 e. The lowest BCUT2D eigenvalue weighted by atomic mass is 10.0. The summed E-state index contributed by atoms with van der Waals surface area (Å²) in [7, 11) is 0. The van der Waals surface area contributed by atoms with Crippen molar-refractivity contribution in [2.75, 3.05) is 5.73 Å². The minimum atomic E-state index is -1.08. The van der Waals surface area contributed by atoms with E-state index in [9.17, 15) is 19.2 Å². The molecule has 0 radical (unpaired) electrons. The third kappa shape index (κ3) is 5.26. The van der Waals surface area contributed by atoms with E-state index in [0.29, 0.717) is 29.4 Å². The number of aromatic nitrogens is 3. The number of carboxylic acid groups (broad SMARTS) is 1. The lowest BCUT2D eigenvalue weighted by Gasteiger charge is -2.14. The summed E-state index contributed by atoms with van der Waals surface area (Å²) in [5.41, 5.74) is 12.9. The fourth-order valence-electron chi connectivity index (χ4n) is 3.21. The Balaban J connectivity index is 1.64. The van der Waals surface area contributed by atoms with Gasteiger partial charge in [0, 0.05) is 18.2 Å². The molecule has 11 nitrogen and oxygen atoms in total. The molecule has 2 heterocycles. The molecule has 1 aromatic carbocycles. The van der Waals surface area contributed by atoms with Crippen LogP contribution in [0, 0.1) is 0 Å². The molecule has 1 atom stereocenters. The third-order valence-corrected chi connectivity index (χ3v) is 4.84. The highest BCUT2D eigenvalue weighted by atomic mass is 16.4. The van der Waals surface area contributed by atoms with E-state index in [1.165, 1.54) is 0 Å². The largest absolute Gasteiger partial charge is 0.481 e. The lowest BCUT2D eigenvalue weighted by molar-refractivity contribution is -0.137. The zero-order valence-corrected chi connectivity index (χ0v) is 16.5. The van der Waals surface area contributed by atoms with Crippen LogP contribution in [0.4, 0.5) is 5.95 Å². The number of nitrogens with two attached hydrogens (primary N) is 2. The first-order chi connectivity index (χ1) is 14.7. The van der Waals surface area contributed by atoms with Gasteiger partial charge in [-0.25, -0.2) is 0 Å². The highest BCUT2D eigenvalue weighted by Gasteiger charge is 2.20. The number of amides is 2. The van der Waals surface area contributed by atoms with Crippen molar-refractivity contribution in [2.45, 2.75) is 31.7 Å². The van der Waals surface area contributed by atoms with E-state index in [-0.39, 0.29) is 24.3 Å². The van der Waals surface area contributed by atoms with E-state index < -0.39 is 23.8 Å². The first kappa shape index (κ1) is 21.6. The fraction of sp³-hybridized carbons (Fsp3) is 0.250. The fourth-order valence-corrected chi connectivity index (χ4v) is 3.21. The van der Waals surface area contributed by atoms with Crippen molar-refractivity contribution in [3.8, 4) is 0 Å². The van der Waals surface area contributed by atoms with Crippen LogP contribution >= 0.6 is 0 Å². The SMILES string of the molecule is NC(=O)[C@H](CCC(=O)O)NC(=O)c1ccc(CCc2c[nH]c3nc(N)[nH]c(=O)c23)cc1. The number of fused-ring (bicyclic) bond motifs is 1. The Bertz CT molecular complexity index is 1180. The molecule has 0 aliphatic heterocycles. The Labute approximate surface area is 175 Å². The molecular formula is C20H22N6O5. The zero-order chi connectivity index (χ0) is 22.5. The Morgan fingerprint density at radius 3 is 2.52 bits per heavy atom. The second-order valence-electron chi connectivity index (χ2n) is 7.05. The van der Waals surface area contributed by atoms with Gasteiger partial charge in [0.2, 0.25) is 11.9 Å². The maximum absolute atomic E-state index is 12.3. The third-order valence-electron chi connectivity index (χ3n) is 4.84. The maximum Gasteiger partial charge on any atom is 0.303 e. The molecule has 3 rings (SSSR count). The molecule has 0 saturated carbocycles. The molecule has 0 fully saturated rings. The average Bonchev–Trinajstić information content (AvgIpc) is 3.12. The number of carbonyl (C=O) groups excluding carboxylic acids is 2. The van der Waals surface area contributed by atoms with Crippen molar-refractivity contribution in [3.05, 3.63) is 57.5 Å². The summed E-state index contributed by atoms with van der Waals surface area (Å²) in [6.07, 6.45) is 2.53. The monoisotopic (exact) mass is 426 g/mol. The van der Waals surface area contributed by atoms with Crippen LogP contribution in [0.3, 0.4) is 0 Å². The Morgan fingerprint density at radius 2 is 1.87 bits per heavy atom. The number of aryl methyl sites for hydroxylation is 2. The predicted octanol–water partition coefficient (Wildman–Crippen LogP) is 0.0671. The van der Waals surface area contributed by atoms with Crippen LogP contribution in [-0.4, -0.2) is 43.9 Å². The van der Waals surface area contributed by atoms with Gasteiger partial charge >= 0.3 is 5.97 Å².